The maximum Gasteiger partial charge on any atom is 0.255 e. The fourth-order valence-corrected chi connectivity index (χ4v) is 6.01. The predicted molar refractivity (Wildman–Crippen MR) is 139 cm³/mol. The van der Waals surface area contributed by atoms with Crippen molar-refractivity contribution < 1.29 is 19.1 Å². The van der Waals surface area contributed by atoms with Crippen LogP contribution in [0, 0.1) is 0 Å². The zero-order valence-corrected chi connectivity index (χ0v) is 21.1. The number of hydrogen-bond acceptors (Lipinski definition) is 5. The Kier molecular flexibility index (Phi) is 6.20. The Hall–Kier alpha value is -3.65. The maximum absolute atomic E-state index is 13.0. The molecule has 0 spiro atoms. The van der Waals surface area contributed by atoms with Gasteiger partial charge in [0.05, 0.1) is 0 Å². The van der Waals surface area contributed by atoms with Crippen LogP contribution in [0.3, 0.4) is 0 Å². The Labute approximate surface area is 216 Å². The summed E-state index contributed by atoms with van der Waals surface area (Å²) in [5.41, 5.74) is 4.06. The zero-order chi connectivity index (χ0) is 25.5. The van der Waals surface area contributed by atoms with E-state index in [-0.39, 0.29) is 18.2 Å². The molecule has 3 amide bonds. The number of benzene rings is 2. The highest BCUT2D eigenvalue weighted by atomic mass is 16.5. The Morgan fingerprint density at radius 2 is 1.95 bits per heavy atom. The summed E-state index contributed by atoms with van der Waals surface area (Å²) in [7, 11) is 2.08. The molecule has 4 heterocycles. The standard InChI is InChI=1S/C29H32N4O4/c1-31-14-12-23-19(5-4-7-25(23)31)16-32-13-3-2-6-21(32)18-37-22-8-9-24-20(15-22)17-33(29(24)36)26-10-11-27(34)30-28(26)35/h4-5,7-9,12,14-15,21,26H,2-3,6,10-11,13,16-18H2,1H3,(H,30,34,35)/t21-,26?/m1/s1. The molecule has 3 aromatic rings. The van der Waals surface area contributed by atoms with Crippen molar-refractivity contribution >= 4 is 28.6 Å². The van der Waals surface area contributed by atoms with E-state index < -0.39 is 11.9 Å². The highest BCUT2D eigenvalue weighted by Crippen LogP contribution is 2.31. The summed E-state index contributed by atoms with van der Waals surface area (Å²) >= 11 is 0. The lowest BCUT2D eigenvalue weighted by atomic mass is 10.0. The second-order valence-electron chi connectivity index (χ2n) is 10.4. The van der Waals surface area contributed by atoms with Gasteiger partial charge in [-0.15, -0.1) is 0 Å². The summed E-state index contributed by atoms with van der Waals surface area (Å²) < 4.78 is 8.44. The summed E-state index contributed by atoms with van der Waals surface area (Å²) in [6, 6.07) is 14.0. The van der Waals surface area contributed by atoms with Gasteiger partial charge in [0, 0.05) is 55.3 Å². The molecule has 3 aliphatic heterocycles. The monoisotopic (exact) mass is 500 g/mol. The maximum atomic E-state index is 13.0. The average Bonchev–Trinajstić information content (AvgIpc) is 3.43. The second kappa shape index (κ2) is 9.67. The third kappa shape index (κ3) is 4.50. The number of imide groups is 1. The Bertz CT molecular complexity index is 1380. The first-order valence-electron chi connectivity index (χ1n) is 13.2. The largest absolute Gasteiger partial charge is 0.492 e. The molecule has 37 heavy (non-hydrogen) atoms. The van der Waals surface area contributed by atoms with Crippen LogP contribution in [0.4, 0.5) is 0 Å². The molecular formula is C29H32N4O4. The van der Waals surface area contributed by atoms with Gasteiger partial charge in [0.2, 0.25) is 11.8 Å². The zero-order valence-electron chi connectivity index (χ0n) is 21.1. The molecule has 3 aliphatic rings. The molecule has 2 fully saturated rings. The number of aromatic nitrogens is 1. The third-order valence-corrected chi connectivity index (χ3v) is 8.08. The minimum atomic E-state index is -0.605. The summed E-state index contributed by atoms with van der Waals surface area (Å²) in [5.74, 6) is -0.0901. The van der Waals surface area contributed by atoms with Crippen molar-refractivity contribution in [1.82, 2.24) is 19.7 Å². The molecule has 2 aromatic carbocycles. The van der Waals surface area contributed by atoms with E-state index in [0.29, 0.717) is 31.2 Å². The van der Waals surface area contributed by atoms with Crippen molar-refractivity contribution in [3.05, 3.63) is 65.4 Å². The number of likely N-dealkylation sites (tertiary alicyclic amines) is 1. The van der Waals surface area contributed by atoms with E-state index >= 15 is 0 Å². The van der Waals surface area contributed by atoms with Gasteiger partial charge in [0.15, 0.2) is 0 Å². The fraction of sp³-hybridized carbons (Fsp3) is 0.414. The summed E-state index contributed by atoms with van der Waals surface area (Å²) in [6.45, 7) is 2.90. The van der Waals surface area contributed by atoms with Crippen LogP contribution in [0.5, 0.6) is 5.75 Å². The number of nitrogens with one attached hydrogen (secondary N) is 1. The molecular weight excluding hydrogens is 468 g/mol. The number of piperidine rings is 2. The van der Waals surface area contributed by atoms with Gasteiger partial charge < -0.3 is 14.2 Å². The topological polar surface area (TPSA) is 83.9 Å². The lowest BCUT2D eigenvalue weighted by Gasteiger charge is -2.35. The van der Waals surface area contributed by atoms with Crippen LogP contribution in [0.1, 0.15) is 53.6 Å². The SMILES string of the molecule is Cn1ccc2c(CN3CCCC[C@@H]3COc3ccc4c(c3)CN(C3CCC(=O)NC3=O)C4=O)cccc21. The number of aryl methyl sites for hydroxylation is 1. The highest BCUT2D eigenvalue weighted by molar-refractivity contribution is 6.05. The van der Waals surface area contributed by atoms with Crippen LogP contribution in [-0.2, 0) is 29.7 Å². The minimum Gasteiger partial charge on any atom is -0.492 e. The Balaban J connectivity index is 1.13. The number of carbonyl (C=O) groups excluding carboxylic acids is 3. The van der Waals surface area contributed by atoms with Crippen molar-refractivity contribution in [1.29, 1.82) is 0 Å². The van der Waals surface area contributed by atoms with Gasteiger partial charge in [0.1, 0.15) is 18.4 Å². The average molecular weight is 501 g/mol. The van der Waals surface area contributed by atoms with Crippen LogP contribution < -0.4 is 10.1 Å². The van der Waals surface area contributed by atoms with Crippen molar-refractivity contribution in [2.75, 3.05) is 13.2 Å². The van der Waals surface area contributed by atoms with Crippen LogP contribution in [-0.4, -0.2) is 57.3 Å². The quantitative estimate of drug-likeness (QED) is 0.525. The van der Waals surface area contributed by atoms with Crippen molar-refractivity contribution in [2.45, 2.75) is 57.3 Å². The van der Waals surface area contributed by atoms with Gasteiger partial charge in [0.25, 0.3) is 5.91 Å². The molecule has 1 N–H and O–H groups in total. The number of carbonyl (C=O) groups is 3. The van der Waals surface area contributed by atoms with Crippen molar-refractivity contribution in [3.8, 4) is 5.75 Å². The molecule has 8 heteroatoms. The van der Waals surface area contributed by atoms with Gasteiger partial charge in [-0.05, 0) is 67.3 Å². The molecule has 1 unspecified atom stereocenters. The van der Waals surface area contributed by atoms with Gasteiger partial charge in [-0.25, -0.2) is 0 Å². The van der Waals surface area contributed by atoms with Gasteiger partial charge in [-0.1, -0.05) is 18.6 Å². The van der Waals surface area contributed by atoms with E-state index in [2.05, 4.69) is 52.3 Å². The second-order valence-corrected chi connectivity index (χ2v) is 10.4. The number of rotatable bonds is 6. The third-order valence-electron chi connectivity index (χ3n) is 8.08. The molecule has 0 radical (unpaired) electrons. The fourth-order valence-electron chi connectivity index (χ4n) is 6.01. The summed E-state index contributed by atoms with van der Waals surface area (Å²) in [5, 5.41) is 3.66. The molecule has 0 saturated carbocycles. The minimum absolute atomic E-state index is 0.162. The van der Waals surface area contributed by atoms with Crippen LogP contribution >= 0.6 is 0 Å². The molecule has 2 atom stereocenters. The molecule has 6 rings (SSSR count). The van der Waals surface area contributed by atoms with Crippen molar-refractivity contribution in [2.24, 2.45) is 7.05 Å². The first kappa shape index (κ1) is 23.7. The number of fused-ring (bicyclic) bond motifs is 2. The van der Waals surface area contributed by atoms with E-state index in [1.807, 2.05) is 12.1 Å². The molecule has 2 saturated heterocycles. The van der Waals surface area contributed by atoms with Gasteiger partial charge in [-0.3, -0.25) is 24.6 Å². The molecule has 192 valence electrons. The van der Waals surface area contributed by atoms with Crippen molar-refractivity contribution in [3.63, 3.8) is 0 Å². The Morgan fingerprint density at radius 3 is 2.81 bits per heavy atom. The van der Waals surface area contributed by atoms with E-state index in [9.17, 15) is 14.4 Å². The van der Waals surface area contributed by atoms with E-state index in [1.165, 1.54) is 29.3 Å². The van der Waals surface area contributed by atoms with Crippen LogP contribution in [0.15, 0.2) is 48.7 Å². The van der Waals surface area contributed by atoms with Crippen LogP contribution in [0.2, 0.25) is 0 Å². The number of amides is 3. The number of hydrogen-bond donors (Lipinski definition) is 1. The first-order valence-corrected chi connectivity index (χ1v) is 13.2. The van der Waals surface area contributed by atoms with Gasteiger partial charge in [-0.2, -0.15) is 0 Å². The molecule has 0 bridgehead atoms. The predicted octanol–water partition coefficient (Wildman–Crippen LogP) is 3.37. The van der Waals surface area contributed by atoms with E-state index in [4.69, 9.17) is 4.74 Å². The smallest absolute Gasteiger partial charge is 0.255 e. The molecule has 0 aliphatic carbocycles. The number of nitrogens with zero attached hydrogens (tertiary/aromatic N) is 3. The number of ether oxygens (including phenoxy) is 1. The van der Waals surface area contributed by atoms with E-state index in [1.54, 1.807) is 11.0 Å². The van der Waals surface area contributed by atoms with Gasteiger partial charge >= 0.3 is 0 Å². The molecule has 1 aromatic heterocycles. The summed E-state index contributed by atoms with van der Waals surface area (Å²) in [4.78, 5) is 40.9. The Morgan fingerprint density at radius 1 is 1.05 bits per heavy atom. The van der Waals surface area contributed by atoms with E-state index in [0.717, 1.165) is 30.8 Å². The molecule has 8 nitrogen and oxygen atoms in total. The highest BCUT2D eigenvalue weighted by Gasteiger charge is 2.39. The first-order chi connectivity index (χ1) is 18.0. The summed E-state index contributed by atoms with van der Waals surface area (Å²) in [6.07, 6.45) is 6.21. The lowest BCUT2D eigenvalue weighted by Crippen LogP contribution is -2.52. The lowest BCUT2D eigenvalue weighted by molar-refractivity contribution is -0.136. The normalized spacial score (nSPS) is 22.4. The van der Waals surface area contributed by atoms with Crippen LogP contribution in [0.25, 0.3) is 10.9 Å².